The highest BCUT2D eigenvalue weighted by atomic mass is 16.5. The molecule has 1 aromatic heterocycles. The molecule has 1 aromatic rings. The number of hydrogen-bond donors (Lipinski definition) is 2. The first-order valence-corrected chi connectivity index (χ1v) is 5.60. The van der Waals surface area contributed by atoms with Crippen LogP contribution in [0.4, 0.5) is 17.6 Å². The summed E-state index contributed by atoms with van der Waals surface area (Å²) in [5, 5.41) is 0. The van der Waals surface area contributed by atoms with Gasteiger partial charge in [-0.05, 0) is 0 Å². The molecule has 0 bridgehead atoms. The maximum atomic E-state index is 5.65. The van der Waals surface area contributed by atoms with Gasteiger partial charge in [0.25, 0.3) is 0 Å². The Bertz CT molecular complexity index is 381. The lowest BCUT2D eigenvalue weighted by Gasteiger charge is -2.32. The first kappa shape index (κ1) is 11.5. The predicted octanol–water partition coefficient (Wildman–Crippen LogP) is 0.770. The molecule has 1 aliphatic heterocycles. The Kier molecular flexibility index (Phi) is 3.32. The van der Waals surface area contributed by atoms with Crippen LogP contribution in [0.15, 0.2) is 18.9 Å². The van der Waals surface area contributed by atoms with Gasteiger partial charge in [0.1, 0.15) is 17.7 Å². The first-order valence-electron chi connectivity index (χ1n) is 5.60. The van der Waals surface area contributed by atoms with Gasteiger partial charge in [0.15, 0.2) is 0 Å². The fourth-order valence-electron chi connectivity index (χ4n) is 1.99. The van der Waals surface area contributed by atoms with E-state index in [0.717, 1.165) is 31.7 Å². The minimum Gasteiger partial charge on any atom is -0.499 e. The van der Waals surface area contributed by atoms with Gasteiger partial charge >= 0.3 is 0 Å². The number of nitrogens with two attached hydrogens (primary N) is 2. The van der Waals surface area contributed by atoms with E-state index in [1.54, 1.807) is 6.07 Å². The summed E-state index contributed by atoms with van der Waals surface area (Å²) in [5.41, 5.74) is 11.2. The Hall–Kier alpha value is -1.98. The van der Waals surface area contributed by atoms with Crippen LogP contribution in [0.3, 0.4) is 0 Å². The zero-order chi connectivity index (χ0) is 12.3. The van der Waals surface area contributed by atoms with Gasteiger partial charge in [-0.2, -0.15) is 9.97 Å². The Labute approximate surface area is 100 Å². The summed E-state index contributed by atoms with van der Waals surface area (Å²) in [6, 6.07) is 1.74. The highest BCUT2D eigenvalue weighted by molar-refractivity contribution is 5.50. The molecule has 0 unspecified atom stereocenters. The zero-order valence-corrected chi connectivity index (χ0v) is 9.67. The molecule has 1 fully saturated rings. The standard InChI is InChI=1S/C11H17N5O/c1-2-17-8-3-5-16(6-4-8)10-7-9(12)14-11(13)15-10/h2,7-8H,1,3-6H2,(H4,12,13,14,15). The van der Waals surface area contributed by atoms with Gasteiger partial charge in [-0.3, -0.25) is 0 Å². The molecule has 2 rings (SSSR count). The molecule has 0 aromatic carbocycles. The lowest BCUT2D eigenvalue weighted by molar-refractivity contribution is 0.120. The van der Waals surface area contributed by atoms with Crippen LogP contribution < -0.4 is 16.4 Å². The Morgan fingerprint density at radius 1 is 1.35 bits per heavy atom. The van der Waals surface area contributed by atoms with Gasteiger partial charge in [0, 0.05) is 32.0 Å². The Morgan fingerprint density at radius 2 is 2.06 bits per heavy atom. The Balaban J connectivity index is 2.02. The third-order valence-corrected chi connectivity index (χ3v) is 2.80. The molecule has 17 heavy (non-hydrogen) atoms. The molecule has 2 heterocycles. The van der Waals surface area contributed by atoms with Crippen molar-refractivity contribution < 1.29 is 4.74 Å². The van der Waals surface area contributed by atoms with E-state index in [9.17, 15) is 0 Å². The molecule has 0 aliphatic carbocycles. The average molecular weight is 235 g/mol. The highest BCUT2D eigenvalue weighted by Gasteiger charge is 2.20. The monoisotopic (exact) mass is 235 g/mol. The van der Waals surface area contributed by atoms with Crippen LogP contribution in [0.5, 0.6) is 0 Å². The average Bonchev–Trinajstić information content (AvgIpc) is 2.29. The van der Waals surface area contributed by atoms with Crippen LogP contribution in [0.2, 0.25) is 0 Å². The van der Waals surface area contributed by atoms with Crippen molar-refractivity contribution in [2.24, 2.45) is 0 Å². The summed E-state index contributed by atoms with van der Waals surface area (Å²) in [7, 11) is 0. The van der Waals surface area contributed by atoms with Crippen molar-refractivity contribution in [3.8, 4) is 0 Å². The molecule has 92 valence electrons. The maximum Gasteiger partial charge on any atom is 0.223 e. The van der Waals surface area contributed by atoms with Crippen LogP contribution in [0.1, 0.15) is 12.8 Å². The molecule has 0 radical (unpaired) electrons. The zero-order valence-electron chi connectivity index (χ0n) is 9.67. The van der Waals surface area contributed by atoms with Crippen molar-refractivity contribution in [1.82, 2.24) is 9.97 Å². The van der Waals surface area contributed by atoms with Gasteiger partial charge in [-0.1, -0.05) is 6.58 Å². The second-order valence-corrected chi connectivity index (χ2v) is 4.00. The van der Waals surface area contributed by atoms with E-state index in [2.05, 4.69) is 21.4 Å². The number of nitrogens with zero attached hydrogens (tertiary/aromatic N) is 3. The largest absolute Gasteiger partial charge is 0.499 e. The molecular formula is C11H17N5O. The molecule has 6 nitrogen and oxygen atoms in total. The predicted molar refractivity (Wildman–Crippen MR) is 67.4 cm³/mol. The quantitative estimate of drug-likeness (QED) is 0.752. The summed E-state index contributed by atoms with van der Waals surface area (Å²) in [5.74, 6) is 1.40. The van der Waals surface area contributed by atoms with E-state index in [1.165, 1.54) is 6.26 Å². The van der Waals surface area contributed by atoms with Crippen LogP contribution in [0, 0.1) is 0 Å². The van der Waals surface area contributed by atoms with Gasteiger partial charge in [0.2, 0.25) is 5.95 Å². The molecule has 0 spiro atoms. The third kappa shape index (κ3) is 2.77. The van der Waals surface area contributed by atoms with Gasteiger partial charge in [0.05, 0.1) is 6.26 Å². The Morgan fingerprint density at radius 3 is 2.65 bits per heavy atom. The lowest BCUT2D eigenvalue weighted by Crippen LogP contribution is -2.37. The van der Waals surface area contributed by atoms with Crippen molar-refractivity contribution in [3.63, 3.8) is 0 Å². The van der Waals surface area contributed by atoms with E-state index in [4.69, 9.17) is 16.2 Å². The van der Waals surface area contributed by atoms with E-state index in [-0.39, 0.29) is 12.1 Å². The summed E-state index contributed by atoms with van der Waals surface area (Å²) in [4.78, 5) is 10.2. The molecule has 0 amide bonds. The number of anilines is 3. The van der Waals surface area contributed by atoms with Crippen molar-refractivity contribution in [3.05, 3.63) is 18.9 Å². The number of aromatic nitrogens is 2. The third-order valence-electron chi connectivity index (χ3n) is 2.80. The second kappa shape index (κ2) is 4.90. The van der Waals surface area contributed by atoms with Crippen LogP contribution in [0.25, 0.3) is 0 Å². The van der Waals surface area contributed by atoms with Crippen LogP contribution >= 0.6 is 0 Å². The summed E-state index contributed by atoms with van der Waals surface area (Å²) in [6.45, 7) is 5.30. The van der Waals surface area contributed by atoms with Gasteiger partial charge in [-0.15, -0.1) is 0 Å². The smallest absolute Gasteiger partial charge is 0.223 e. The van der Waals surface area contributed by atoms with E-state index >= 15 is 0 Å². The number of hydrogen-bond acceptors (Lipinski definition) is 6. The maximum absolute atomic E-state index is 5.65. The van der Waals surface area contributed by atoms with Crippen LogP contribution in [-0.4, -0.2) is 29.2 Å². The van der Waals surface area contributed by atoms with Crippen molar-refractivity contribution in [2.75, 3.05) is 29.5 Å². The number of nitrogen functional groups attached to an aromatic ring is 2. The SMILES string of the molecule is C=COC1CCN(c2cc(N)nc(N)n2)CC1. The molecular weight excluding hydrogens is 218 g/mol. The lowest BCUT2D eigenvalue weighted by atomic mass is 10.1. The fraction of sp³-hybridized carbons (Fsp3) is 0.455. The molecule has 4 N–H and O–H groups in total. The van der Waals surface area contributed by atoms with E-state index < -0.39 is 0 Å². The normalized spacial score (nSPS) is 16.8. The highest BCUT2D eigenvalue weighted by Crippen LogP contribution is 2.21. The molecule has 0 saturated carbocycles. The second-order valence-electron chi connectivity index (χ2n) is 4.00. The van der Waals surface area contributed by atoms with Gasteiger partial charge in [-0.25, -0.2) is 0 Å². The number of rotatable bonds is 3. The molecule has 6 heteroatoms. The summed E-state index contributed by atoms with van der Waals surface area (Å²) < 4.78 is 5.37. The van der Waals surface area contributed by atoms with Gasteiger partial charge < -0.3 is 21.1 Å². The first-order chi connectivity index (χ1) is 8.19. The number of ether oxygens (including phenoxy) is 1. The van der Waals surface area contributed by atoms with Crippen molar-refractivity contribution in [1.29, 1.82) is 0 Å². The summed E-state index contributed by atoms with van der Waals surface area (Å²) in [6.07, 6.45) is 3.63. The number of piperidine rings is 1. The topological polar surface area (TPSA) is 90.3 Å². The fourth-order valence-corrected chi connectivity index (χ4v) is 1.99. The molecule has 1 aliphatic rings. The minimum absolute atomic E-state index is 0.212. The molecule has 0 atom stereocenters. The summed E-state index contributed by atoms with van der Waals surface area (Å²) >= 11 is 0. The van der Waals surface area contributed by atoms with E-state index in [1.807, 2.05) is 0 Å². The van der Waals surface area contributed by atoms with Crippen LogP contribution in [-0.2, 0) is 4.74 Å². The minimum atomic E-state index is 0.212. The van der Waals surface area contributed by atoms with Crippen molar-refractivity contribution >= 4 is 17.6 Å². The molecule has 1 saturated heterocycles. The van der Waals surface area contributed by atoms with Crippen molar-refractivity contribution in [2.45, 2.75) is 18.9 Å². The van der Waals surface area contributed by atoms with E-state index in [0.29, 0.717) is 5.82 Å².